The SMILES string of the molecule is Fc1cncc(N=Cc2ccccc2Cl)c1. The molecule has 0 atom stereocenters. The Bertz CT molecular complexity index is 526. The molecule has 0 spiro atoms. The third-order valence-corrected chi connectivity index (χ3v) is 2.29. The monoisotopic (exact) mass is 234 g/mol. The second kappa shape index (κ2) is 4.86. The summed E-state index contributed by atoms with van der Waals surface area (Å²) in [6.07, 6.45) is 4.20. The topological polar surface area (TPSA) is 25.2 Å². The van der Waals surface area contributed by atoms with Gasteiger partial charge >= 0.3 is 0 Å². The predicted molar refractivity (Wildman–Crippen MR) is 62.9 cm³/mol. The van der Waals surface area contributed by atoms with Gasteiger partial charge in [-0.25, -0.2) is 4.39 Å². The van der Waals surface area contributed by atoms with Crippen molar-refractivity contribution in [3.8, 4) is 0 Å². The van der Waals surface area contributed by atoms with Gasteiger partial charge in [-0.3, -0.25) is 9.98 Å². The molecule has 16 heavy (non-hydrogen) atoms. The highest BCUT2D eigenvalue weighted by atomic mass is 35.5. The van der Waals surface area contributed by atoms with Gasteiger partial charge in [0.05, 0.1) is 18.1 Å². The van der Waals surface area contributed by atoms with Crippen LogP contribution >= 0.6 is 11.6 Å². The van der Waals surface area contributed by atoms with Crippen molar-refractivity contribution in [2.24, 2.45) is 4.99 Å². The average Bonchev–Trinajstić information content (AvgIpc) is 2.28. The van der Waals surface area contributed by atoms with Crippen molar-refractivity contribution >= 4 is 23.5 Å². The molecule has 0 aliphatic carbocycles. The highest BCUT2D eigenvalue weighted by molar-refractivity contribution is 6.33. The molecule has 0 N–H and O–H groups in total. The third-order valence-electron chi connectivity index (χ3n) is 1.95. The van der Waals surface area contributed by atoms with E-state index in [9.17, 15) is 4.39 Å². The summed E-state index contributed by atoms with van der Waals surface area (Å²) in [6, 6.07) is 8.60. The van der Waals surface area contributed by atoms with Gasteiger partial charge in [-0.15, -0.1) is 0 Å². The Balaban J connectivity index is 2.25. The lowest BCUT2D eigenvalue weighted by molar-refractivity contribution is 0.622. The van der Waals surface area contributed by atoms with Gasteiger partial charge in [-0.05, 0) is 6.07 Å². The van der Waals surface area contributed by atoms with Crippen LogP contribution in [0.15, 0.2) is 47.7 Å². The first-order valence-electron chi connectivity index (χ1n) is 4.65. The van der Waals surface area contributed by atoms with Gasteiger partial charge in [0.15, 0.2) is 0 Å². The fourth-order valence-electron chi connectivity index (χ4n) is 1.20. The zero-order valence-electron chi connectivity index (χ0n) is 8.27. The Morgan fingerprint density at radius 3 is 2.81 bits per heavy atom. The average molecular weight is 235 g/mol. The molecule has 1 heterocycles. The maximum atomic E-state index is 12.8. The van der Waals surface area contributed by atoms with Crippen molar-refractivity contribution in [2.45, 2.75) is 0 Å². The molecular formula is C12H8ClFN2. The van der Waals surface area contributed by atoms with Gasteiger partial charge < -0.3 is 0 Å². The summed E-state index contributed by atoms with van der Waals surface area (Å²) in [5, 5.41) is 0.607. The van der Waals surface area contributed by atoms with Crippen molar-refractivity contribution < 1.29 is 4.39 Å². The van der Waals surface area contributed by atoms with Crippen LogP contribution in [0.25, 0.3) is 0 Å². The summed E-state index contributed by atoms with van der Waals surface area (Å²) in [5.41, 5.74) is 1.24. The molecule has 0 aliphatic heterocycles. The first-order chi connectivity index (χ1) is 7.75. The molecule has 1 aromatic heterocycles. The zero-order chi connectivity index (χ0) is 11.4. The first-order valence-corrected chi connectivity index (χ1v) is 5.02. The number of pyridine rings is 1. The van der Waals surface area contributed by atoms with E-state index >= 15 is 0 Å². The summed E-state index contributed by atoms with van der Waals surface area (Å²) in [4.78, 5) is 7.78. The molecule has 4 heteroatoms. The fraction of sp³-hybridized carbons (Fsp3) is 0. The van der Waals surface area contributed by atoms with E-state index in [1.54, 1.807) is 12.3 Å². The summed E-state index contributed by atoms with van der Waals surface area (Å²) in [6.45, 7) is 0. The van der Waals surface area contributed by atoms with Gasteiger partial charge in [0.2, 0.25) is 0 Å². The van der Waals surface area contributed by atoms with Crippen LogP contribution in [0.2, 0.25) is 5.02 Å². The Morgan fingerprint density at radius 2 is 2.06 bits per heavy atom. The lowest BCUT2D eigenvalue weighted by Gasteiger charge is -1.96. The van der Waals surface area contributed by atoms with Gasteiger partial charge in [0.25, 0.3) is 0 Å². The van der Waals surface area contributed by atoms with Crippen LogP contribution in [0.5, 0.6) is 0 Å². The summed E-state index contributed by atoms with van der Waals surface area (Å²) < 4.78 is 12.8. The summed E-state index contributed by atoms with van der Waals surface area (Å²) >= 11 is 5.94. The van der Waals surface area contributed by atoms with Crippen molar-refractivity contribution in [1.82, 2.24) is 4.98 Å². The van der Waals surface area contributed by atoms with Crippen LogP contribution in [-0.4, -0.2) is 11.2 Å². The van der Waals surface area contributed by atoms with E-state index in [1.165, 1.54) is 12.3 Å². The maximum absolute atomic E-state index is 12.8. The Hall–Kier alpha value is -1.74. The van der Waals surface area contributed by atoms with Gasteiger partial charge in [0, 0.05) is 22.9 Å². The summed E-state index contributed by atoms with van der Waals surface area (Å²) in [5.74, 6) is -0.409. The first kappa shape index (κ1) is 10.8. The highest BCUT2D eigenvalue weighted by Gasteiger charge is 1.95. The Labute approximate surface area is 97.4 Å². The van der Waals surface area contributed by atoms with Gasteiger partial charge in [-0.1, -0.05) is 29.8 Å². The van der Waals surface area contributed by atoms with E-state index in [0.29, 0.717) is 10.7 Å². The number of rotatable bonds is 2. The zero-order valence-corrected chi connectivity index (χ0v) is 9.03. The molecule has 0 bridgehead atoms. The standard InChI is InChI=1S/C12H8ClFN2/c13-12-4-2-1-3-9(12)6-16-11-5-10(14)7-15-8-11/h1-8H. The van der Waals surface area contributed by atoms with E-state index in [4.69, 9.17) is 11.6 Å². The molecule has 0 saturated carbocycles. The quantitative estimate of drug-likeness (QED) is 0.729. The van der Waals surface area contributed by atoms with Crippen molar-refractivity contribution in [3.63, 3.8) is 0 Å². The number of hydrogen-bond acceptors (Lipinski definition) is 2. The normalized spacial score (nSPS) is 10.9. The third kappa shape index (κ3) is 2.64. The summed E-state index contributed by atoms with van der Waals surface area (Å²) in [7, 11) is 0. The van der Waals surface area contributed by atoms with E-state index < -0.39 is 5.82 Å². The lowest BCUT2D eigenvalue weighted by atomic mass is 10.2. The molecule has 0 aliphatic rings. The molecule has 0 fully saturated rings. The highest BCUT2D eigenvalue weighted by Crippen LogP contribution is 2.15. The molecule has 80 valence electrons. The minimum atomic E-state index is -0.409. The Kier molecular flexibility index (Phi) is 3.27. The van der Waals surface area contributed by atoms with Crippen LogP contribution in [-0.2, 0) is 0 Å². The maximum Gasteiger partial charge on any atom is 0.143 e. The number of hydrogen-bond donors (Lipinski definition) is 0. The minimum Gasteiger partial charge on any atom is -0.259 e. The van der Waals surface area contributed by atoms with E-state index in [0.717, 1.165) is 11.8 Å². The van der Waals surface area contributed by atoms with Crippen LogP contribution in [0, 0.1) is 5.82 Å². The molecular weight excluding hydrogens is 227 g/mol. The number of nitrogens with zero attached hydrogens (tertiary/aromatic N) is 2. The second-order valence-corrected chi connectivity index (χ2v) is 3.55. The number of aromatic nitrogens is 1. The second-order valence-electron chi connectivity index (χ2n) is 3.14. The van der Waals surface area contributed by atoms with Crippen LogP contribution in [0.4, 0.5) is 10.1 Å². The van der Waals surface area contributed by atoms with E-state index in [1.807, 2.05) is 18.2 Å². The number of benzene rings is 1. The van der Waals surface area contributed by atoms with Crippen LogP contribution in [0.3, 0.4) is 0 Å². The minimum absolute atomic E-state index is 0.409. The van der Waals surface area contributed by atoms with Crippen molar-refractivity contribution in [2.75, 3.05) is 0 Å². The largest absolute Gasteiger partial charge is 0.259 e. The van der Waals surface area contributed by atoms with Gasteiger partial charge in [0.1, 0.15) is 5.82 Å². The number of aliphatic imine (C=N–C) groups is 1. The van der Waals surface area contributed by atoms with E-state index in [-0.39, 0.29) is 0 Å². The lowest BCUT2D eigenvalue weighted by Crippen LogP contribution is -1.82. The Morgan fingerprint density at radius 1 is 1.25 bits per heavy atom. The fourth-order valence-corrected chi connectivity index (χ4v) is 1.38. The van der Waals surface area contributed by atoms with Crippen molar-refractivity contribution in [1.29, 1.82) is 0 Å². The molecule has 2 aromatic rings. The molecule has 0 radical (unpaired) electrons. The van der Waals surface area contributed by atoms with Crippen molar-refractivity contribution in [3.05, 3.63) is 59.1 Å². The molecule has 0 saturated heterocycles. The number of halogens is 2. The van der Waals surface area contributed by atoms with E-state index in [2.05, 4.69) is 9.98 Å². The molecule has 0 unspecified atom stereocenters. The molecule has 0 amide bonds. The molecule has 2 rings (SSSR count). The predicted octanol–water partition coefficient (Wildman–Crippen LogP) is 3.62. The molecule has 2 nitrogen and oxygen atoms in total. The van der Waals surface area contributed by atoms with Crippen LogP contribution in [0.1, 0.15) is 5.56 Å². The van der Waals surface area contributed by atoms with Gasteiger partial charge in [-0.2, -0.15) is 0 Å². The van der Waals surface area contributed by atoms with Crippen LogP contribution < -0.4 is 0 Å². The molecule has 1 aromatic carbocycles. The smallest absolute Gasteiger partial charge is 0.143 e.